The summed E-state index contributed by atoms with van der Waals surface area (Å²) in [6.45, 7) is 1.87. The second kappa shape index (κ2) is 6.83. The highest BCUT2D eigenvalue weighted by Crippen LogP contribution is 2.40. The highest BCUT2D eigenvalue weighted by Gasteiger charge is 2.35. The summed E-state index contributed by atoms with van der Waals surface area (Å²) in [5.41, 5.74) is 2.19. The number of alkyl halides is 2. The molecule has 2 aliphatic rings. The number of piperazine rings is 1. The van der Waals surface area contributed by atoms with Crippen LogP contribution in [0.5, 0.6) is 5.75 Å². The number of hydrogen-bond donors (Lipinski definition) is 0. The average Bonchev–Trinajstić information content (AvgIpc) is 2.98. The zero-order valence-electron chi connectivity index (χ0n) is 13.3. The summed E-state index contributed by atoms with van der Waals surface area (Å²) in [6.07, 6.45) is -0.636. The van der Waals surface area contributed by atoms with Crippen LogP contribution in [0.4, 0.5) is 8.78 Å². The number of nitrogens with zero attached hydrogens (tertiary/aromatic N) is 2. The molecule has 3 rings (SSSR count). The molecular formula is C17H22F2N2O2. The number of ether oxygens (including phenoxy) is 1. The van der Waals surface area contributed by atoms with Crippen LogP contribution in [0.2, 0.25) is 0 Å². The first-order valence-corrected chi connectivity index (χ1v) is 8.05. The number of fused-ring (bicyclic) bond motifs is 1. The molecule has 1 aliphatic heterocycles. The predicted molar refractivity (Wildman–Crippen MR) is 83.1 cm³/mol. The lowest BCUT2D eigenvalue weighted by Crippen LogP contribution is -2.50. The van der Waals surface area contributed by atoms with Crippen molar-refractivity contribution >= 4 is 5.91 Å². The van der Waals surface area contributed by atoms with Gasteiger partial charge in [-0.05, 0) is 24.5 Å². The molecule has 4 nitrogen and oxygen atoms in total. The number of amides is 1. The zero-order valence-corrected chi connectivity index (χ0v) is 13.3. The summed E-state index contributed by atoms with van der Waals surface area (Å²) < 4.78 is 30.3. The first-order chi connectivity index (χ1) is 11.1. The molecule has 126 valence electrons. The molecule has 0 radical (unpaired) electrons. The maximum absolute atomic E-state index is 12.9. The molecule has 0 N–H and O–H groups in total. The van der Waals surface area contributed by atoms with Gasteiger partial charge in [0.25, 0.3) is 6.43 Å². The Kier molecular flexibility index (Phi) is 4.80. The summed E-state index contributed by atoms with van der Waals surface area (Å²) >= 11 is 0. The van der Waals surface area contributed by atoms with Crippen molar-refractivity contribution in [3.05, 3.63) is 29.3 Å². The van der Waals surface area contributed by atoms with E-state index in [9.17, 15) is 13.6 Å². The van der Waals surface area contributed by atoms with E-state index in [2.05, 4.69) is 0 Å². The minimum atomic E-state index is -2.32. The third-order valence-electron chi connectivity index (χ3n) is 4.81. The van der Waals surface area contributed by atoms with Crippen LogP contribution in [-0.4, -0.2) is 62.0 Å². The van der Waals surface area contributed by atoms with Crippen LogP contribution >= 0.6 is 0 Å². The second-order valence-electron chi connectivity index (χ2n) is 6.14. The Balaban J connectivity index is 1.68. The van der Waals surface area contributed by atoms with Gasteiger partial charge < -0.3 is 9.64 Å². The van der Waals surface area contributed by atoms with E-state index in [4.69, 9.17) is 4.74 Å². The molecule has 23 heavy (non-hydrogen) atoms. The largest absolute Gasteiger partial charge is 0.496 e. The smallest absolute Gasteiger partial charge is 0.251 e. The molecule has 1 unspecified atom stereocenters. The van der Waals surface area contributed by atoms with Crippen molar-refractivity contribution in [2.75, 3.05) is 39.8 Å². The minimum absolute atomic E-state index is 0.102. The Bertz CT molecular complexity index is 572. The van der Waals surface area contributed by atoms with Crippen LogP contribution in [0, 0.1) is 0 Å². The number of halogens is 2. The van der Waals surface area contributed by atoms with Gasteiger partial charge >= 0.3 is 0 Å². The third-order valence-corrected chi connectivity index (χ3v) is 4.81. The predicted octanol–water partition coefficient (Wildman–Crippen LogP) is 2.13. The highest BCUT2D eigenvalue weighted by molar-refractivity contribution is 5.86. The van der Waals surface area contributed by atoms with E-state index < -0.39 is 6.43 Å². The number of hydrogen-bond acceptors (Lipinski definition) is 3. The highest BCUT2D eigenvalue weighted by atomic mass is 19.3. The molecule has 1 atom stereocenters. The molecule has 6 heteroatoms. The minimum Gasteiger partial charge on any atom is -0.496 e. The van der Waals surface area contributed by atoms with Crippen LogP contribution in [-0.2, 0) is 11.2 Å². The molecule has 1 fully saturated rings. The van der Waals surface area contributed by atoms with Crippen molar-refractivity contribution in [2.45, 2.75) is 25.2 Å². The Morgan fingerprint density at radius 1 is 1.30 bits per heavy atom. The van der Waals surface area contributed by atoms with Crippen molar-refractivity contribution in [1.29, 1.82) is 0 Å². The molecule has 1 aliphatic carbocycles. The number of carbonyl (C=O) groups is 1. The standard InChI is InChI=1S/C17H22F2N2O2/c1-23-14-4-2-3-12-5-6-13(16(12)14)17(22)21-9-7-20(8-10-21)11-15(18)19/h2-4,13,15H,5-11H2,1H3. The fraction of sp³-hybridized carbons (Fsp3) is 0.588. The van der Waals surface area contributed by atoms with Crippen molar-refractivity contribution < 1.29 is 18.3 Å². The molecule has 0 saturated carbocycles. The lowest BCUT2D eigenvalue weighted by atomic mass is 9.98. The van der Waals surface area contributed by atoms with Gasteiger partial charge in [0.2, 0.25) is 5.91 Å². The molecule has 0 spiro atoms. The van der Waals surface area contributed by atoms with Crippen LogP contribution in [0.3, 0.4) is 0 Å². The molecule has 1 aromatic carbocycles. The van der Waals surface area contributed by atoms with Crippen LogP contribution < -0.4 is 4.74 Å². The van der Waals surface area contributed by atoms with Crippen LogP contribution in [0.15, 0.2) is 18.2 Å². The van der Waals surface area contributed by atoms with Gasteiger partial charge in [-0.2, -0.15) is 0 Å². The van der Waals surface area contributed by atoms with E-state index in [-0.39, 0.29) is 18.4 Å². The molecule has 0 aromatic heterocycles. The average molecular weight is 324 g/mol. The van der Waals surface area contributed by atoms with Gasteiger partial charge in [-0.15, -0.1) is 0 Å². The van der Waals surface area contributed by atoms with Gasteiger partial charge in [-0.25, -0.2) is 8.78 Å². The van der Waals surface area contributed by atoms with Gasteiger partial charge in [-0.3, -0.25) is 9.69 Å². The normalized spacial score (nSPS) is 21.6. The fourth-order valence-corrected chi connectivity index (χ4v) is 3.64. The quantitative estimate of drug-likeness (QED) is 0.851. The van der Waals surface area contributed by atoms with Crippen molar-refractivity contribution in [3.8, 4) is 5.75 Å². The van der Waals surface area contributed by atoms with Gasteiger partial charge in [-0.1, -0.05) is 12.1 Å². The summed E-state index contributed by atoms with van der Waals surface area (Å²) in [6, 6.07) is 5.89. The van der Waals surface area contributed by atoms with E-state index in [1.165, 1.54) is 5.56 Å². The summed E-state index contributed by atoms with van der Waals surface area (Å²) in [4.78, 5) is 16.4. The number of benzene rings is 1. The molecule has 1 heterocycles. The Hall–Kier alpha value is -1.69. The zero-order chi connectivity index (χ0) is 16.4. The number of rotatable bonds is 4. The van der Waals surface area contributed by atoms with Gasteiger partial charge in [0.15, 0.2) is 0 Å². The second-order valence-corrected chi connectivity index (χ2v) is 6.14. The molecular weight excluding hydrogens is 302 g/mol. The Morgan fingerprint density at radius 3 is 2.70 bits per heavy atom. The van der Waals surface area contributed by atoms with E-state index in [0.717, 1.165) is 24.2 Å². The third kappa shape index (κ3) is 3.32. The van der Waals surface area contributed by atoms with E-state index in [0.29, 0.717) is 26.2 Å². The topological polar surface area (TPSA) is 32.8 Å². The maximum atomic E-state index is 12.9. The number of aryl methyl sites for hydroxylation is 1. The summed E-state index contributed by atoms with van der Waals surface area (Å²) in [5, 5.41) is 0. The number of carbonyl (C=O) groups excluding carboxylic acids is 1. The lowest BCUT2D eigenvalue weighted by Gasteiger charge is -2.36. The van der Waals surface area contributed by atoms with Crippen molar-refractivity contribution in [3.63, 3.8) is 0 Å². The summed E-state index contributed by atoms with van der Waals surface area (Å²) in [5.74, 6) is 0.711. The molecule has 1 amide bonds. The monoisotopic (exact) mass is 324 g/mol. The van der Waals surface area contributed by atoms with Crippen LogP contribution in [0.25, 0.3) is 0 Å². The van der Waals surface area contributed by atoms with E-state index >= 15 is 0 Å². The fourth-order valence-electron chi connectivity index (χ4n) is 3.64. The Morgan fingerprint density at radius 2 is 2.04 bits per heavy atom. The van der Waals surface area contributed by atoms with Crippen molar-refractivity contribution in [1.82, 2.24) is 9.80 Å². The molecule has 0 bridgehead atoms. The number of methoxy groups -OCH3 is 1. The van der Waals surface area contributed by atoms with Crippen LogP contribution in [0.1, 0.15) is 23.5 Å². The first kappa shape index (κ1) is 16.2. The molecule has 1 aromatic rings. The summed E-state index contributed by atoms with van der Waals surface area (Å²) in [7, 11) is 1.62. The van der Waals surface area contributed by atoms with E-state index in [1.807, 2.05) is 23.1 Å². The SMILES string of the molecule is COc1cccc2c1C(C(=O)N1CCN(CC(F)F)CC1)CC2. The lowest BCUT2D eigenvalue weighted by molar-refractivity contribution is -0.134. The van der Waals surface area contributed by atoms with Gasteiger partial charge in [0.1, 0.15) is 5.75 Å². The Labute approximate surface area is 135 Å². The van der Waals surface area contributed by atoms with E-state index in [1.54, 1.807) is 12.0 Å². The maximum Gasteiger partial charge on any atom is 0.251 e. The molecule has 1 saturated heterocycles. The van der Waals surface area contributed by atoms with Gasteiger partial charge in [0.05, 0.1) is 19.6 Å². The van der Waals surface area contributed by atoms with Gasteiger partial charge in [0, 0.05) is 31.7 Å². The first-order valence-electron chi connectivity index (χ1n) is 8.05. The van der Waals surface area contributed by atoms with Crippen molar-refractivity contribution in [2.24, 2.45) is 0 Å².